The molecule has 4 heteroatoms. The van der Waals surface area contributed by atoms with Gasteiger partial charge in [0.2, 0.25) is 5.95 Å². The van der Waals surface area contributed by atoms with Crippen LogP contribution in [-0.2, 0) is 0 Å². The number of nitrogens with zero attached hydrogens (tertiary/aromatic N) is 1. The molecule has 2 aromatic rings. The predicted molar refractivity (Wildman–Crippen MR) is 63.3 cm³/mol. The van der Waals surface area contributed by atoms with Crippen molar-refractivity contribution in [2.24, 2.45) is 0 Å². The van der Waals surface area contributed by atoms with Gasteiger partial charge in [0.15, 0.2) is 0 Å². The van der Waals surface area contributed by atoms with Crippen molar-refractivity contribution in [2.45, 2.75) is 6.92 Å². The first-order valence-corrected chi connectivity index (χ1v) is 5.16. The number of carbonyl (C=O) groups is 1. The first-order chi connectivity index (χ1) is 8.16. The van der Waals surface area contributed by atoms with Gasteiger partial charge in [0.25, 0.3) is 5.91 Å². The number of anilines is 1. The molecular weight excluding hydrogens is 219 g/mol. The third-order valence-electron chi connectivity index (χ3n) is 2.34. The standard InChI is InChI=1S/C13H11FN2O/c1-9-5-2-3-6-10(9)16-13(17)11-7-4-8-12(14)15-11/h2-8H,1H3,(H,16,17). The van der Waals surface area contributed by atoms with E-state index in [1.165, 1.54) is 18.2 Å². The number of halogens is 1. The number of hydrogen-bond acceptors (Lipinski definition) is 2. The summed E-state index contributed by atoms with van der Waals surface area (Å²) in [4.78, 5) is 15.3. The summed E-state index contributed by atoms with van der Waals surface area (Å²) in [5.74, 6) is -1.08. The monoisotopic (exact) mass is 230 g/mol. The Hall–Kier alpha value is -2.23. The minimum atomic E-state index is -0.664. The Labute approximate surface area is 98.3 Å². The average molecular weight is 230 g/mol. The van der Waals surface area contributed by atoms with Gasteiger partial charge in [-0.15, -0.1) is 0 Å². The number of rotatable bonds is 2. The maximum absolute atomic E-state index is 12.9. The second-order valence-electron chi connectivity index (χ2n) is 3.61. The second-order valence-corrected chi connectivity index (χ2v) is 3.61. The number of nitrogens with one attached hydrogen (secondary N) is 1. The van der Waals surface area contributed by atoms with E-state index >= 15 is 0 Å². The van der Waals surface area contributed by atoms with Gasteiger partial charge in [0.1, 0.15) is 5.69 Å². The van der Waals surface area contributed by atoms with Gasteiger partial charge in [-0.25, -0.2) is 4.98 Å². The lowest BCUT2D eigenvalue weighted by Crippen LogP contribution is -2.14. The number of aryl methyl sites for hydroxylation is 1. The summed E-state index contributed by atoms with van der Waals surface area (Å²) in [5, 5.41) is 2.69. The molecule has 0 aliphatic heterocycles. The van der Waals surface area contributed by atoms with E-state index < -0.39 is 11.9 Å². The minimum Gasteiger partial charge on any atom is -0.320 e. The lowest BCUT2D eigenvalue weighted by molar-refractivity contribution is 0.102. The third kappa shape index (κ3) is 2.66. The smallest absolute Gasteiger partial charge is 0.274 e. The average Bonchev–Trinajstić information content (AvgIpc) is 2.32. The van der Waals surface area contributed by atoms with Gasteiger partial charge in [-0.2, -0.15) is 4.39 Å². The van der Waals surface area contributed by atoms with Crippen LogP contribution in [-0.4, -0.2) is 10.9 Å². The van der Waals surface area contributed by atoms with Crippen LogP contribution < -0.4 is 5.32 Å². The van der Waals surface area contributed by atoms with Crippen LogP contribution in [0, 0.1) is 12.9 Å². The number of para-hydroxylation sites is 1. The van der Waals surface area contributed by atoms with Crippen LogP contribution in [0.1, 0.15) is 16.1 Å². The summed E-state index contributed by atoms with van der Waals surface area (Å²) in [6.07, 6.45) is 0. The highest BCUT2D eigenvalue weighted by molar-refractivity contribution is 6.03. The Morgan fingerprint density at radius 2 is 1.94 bits per heavy atom. The van der Waals surface area contributed by atoms with Crippen LogP contribution in [0.5, 0.6) is 0 Å². The van der Waals surface area contributed by atoms with Crippen LogP contribution in [0.3, 0.4) is 0 Å². The van der Waals surface area contributed by atoms with Gasteiger partial charge in [-0.3, -0.25) is 4.79 Å². The van der Waals surface area contributed by atoms with E-state index in [0.29, 0.717) is 5.69 Å². The van der Waals surface area contributed by atoms with E-state index in [2.05, 4.69) is 10.3 Å². The molecule has 1 N–H and O–H groups in total. The van der Waals surface area contributed by atoms with Crippen LogP contribution in [0.25, 0.3) is 0 Å². The van der Waals surface area contributed by atoms with Crippen molar-refractivity contribution in [3.63, 3.8) is 0 Å². The normalized spacial score (nSPS) is 10.0. The van der Waals surface area contributed by atoms with Gasteiger partial charge in [0.05, 0.1) is 0 Å². The van der Waals surface area contributed by atoms with Crippen LogP contribution >= 0.6 is 0 Å². The molecule has 86 valence electrons. The maximum Gasteiger partial charge on any atom is 0.274 e. The van der Waals surface area contributed by atoms with E-state index in [1.54, 1.807) is 6.07 Å². The Morgan fingerprint density at radius 1 is 1.18 bits per heavy atom. The molecule has 0 saturated heterocycles. The first-order valence-electron chi connectivity index (χ1n) is 5.16. The Bertz CT molecular complexity index is 555. The molecule has 0 spiro atoms. The Morgan fingerprint density at radius 3 is 2.65 bits per heavy atom. The zero-order chi connectivity index (χ0) is 12.3. The molecule has 0 radical (unpaired) electrons. The van der Waals surface area contributed by atoms with E-state index in [-0.39, 0.29) is 5.69 Å². The molecule has 0 bridgehead atoms. The molecule has 0 aliphatic rings. The van der Waals surface area contributed by atoms with Crippen molar-refractivity contribution < 1.29 is 9.18 Å². The highest BCUT2D eigenvalue weighted by Gasteiger charge is 2.09. The summed E-state index contributed by atoms with van der Waals surface area (Å²) >= 11 is 0. The highest BCUT2D eigenvalue weighted by atomic mass is 19.1. The number of hydrogen-bond donors (Lipinski definition) is 1. The fourth-order valence-corrected chi connectivity index (χ4v) is 1.43. The van der Waals surface area contributed by atoms with Crippen LogP contribution in [0.2, 0.25) is 0 Å². The van der Waals surface area contributed by atoms with Crippen molar-refractivity contribution in [2.75, 3.05) is 5.32 Å². The molecule has 0 atom stereocenters. The zero-order valence-corrected chi connectivity index (χ0v) is 9.27. The summed E-state index contributed by atoms with van der Waals surface area (Å²) in [5.41, 5.74) is 1.70. The SMILES string of the molecule is Cc1ccccc1NC(=O)c1cccc(F)n1. The van der Waals surface area contributed by atoms with E-state index in [0.717, 1.165) is 5.56 Å². The number of aromatic nitrogens is 1. The van der Waals surface area contributed by atoms with Gasteiger partial charge in [0, 0.05) is 5.69 Å². The maximum atomic E-state index is 12.9. The number of carbonyl (C=O) groups excluding carboxylic acids is 1. The van der Waals surface area contributed by atoms with Crippen molar-refractivity contribution in [1.82, 2.24) is 4.98 Å². The van der Waals surface area contributed by atoms with Gasteiger partial charge >= 0.3 is 0 Å². The van der Waals surface area contributed by atoms with Gasteiger partial charge in [-0.05, 0) is 30.7 Å². The minimum absolute atomic E-state index is 0.0632. The first kappa shape index (κ1) is 11.3. The Balaban J connectivity index is 2.20. The summed E-state index contributed by atoms with van der Waals surface area (Å²) in [6.45, 7) is 1.88. The lowest BCUT2D eigenvalue weighted by atomic mass is 10.2. The fraction of sp³-hybridized carbons (Fsp3) is 0.0769. The highest BCUT2D eigenvalue weighted by Crippen LogP contribution is 2.14. The van der Waals surface area contributed by atoms with Gasteiger partial charge in [-0.1, -0.05) is 24.3 Å². The lowest BCUT2D eigenvalue weighted by Gasteiger charge is -2.07. The van der Waals surface area contributed by atoms with E-state index in [1.807, 2.05) is 25.1 Å². The summed E-state index contributed by atoms with van der Waals surface area (Å²) in [6, 6.07) is 11.5. The zero-order valence-electron chi connectivity index (χ0n) is 9.27. The van der Waals surface area contributed by atoms with Crippen molar-refractivity contribution in [3.05, 3.63) is 59.7 Å². The molecule has 3 nitrogen and oxygen atoms in total. The predicted octanol–water partition coefficient (Wildman–Crippen LogP) is 2.78. The van der Waals surface area contributed by atoms with Crippen molar-refractivity contribution in [1.29, 1.82) is 0 Å². The summed E-state index contributed by atoms with van der Waals surface area (Å²) in [7, 11) is 0. The topological polar surface area (TPSA) is 42.0 Å². The largest absolute Gasteiger partial charge is 0.320 e. The molecule has 1 amide bonds. The quantitative estimate of drug-likeness (QED) is 0.806. The van der Waals surface area contributed by atoms with Crippen molar-refractivity contribution >= 4 is 11.6 Å². The molecule has 0 fully saturated rings. The molecule has 2 rings (SSSR count). The molecule has 1 aromatic heterocycles. The van der Waals surface area contributed by atoms with Crippen LogP contribution in [0.15, 0.2) is 42.5 Å². The number of benzene rings is 1. The molecule has 17 heavy (non-hydrogen) atoms. The summed E-state index contributed by atoms with van der Waals surface area (Å²) < 4.78 is 12.9. The number of amides is 1. The molecule has 0 saturated carbocycles. The number of pyridine rings is 1. The molecular formula is C13H11FN2O. The fourth-order valence-electron chi connectivity index (χ4n) is 1.43. The molecule has 0 aliphatic carbocycles. The van der Waals surface area contributed by atoms with Crippen molar-refractivity contribution in [3.8, 4) is 0 Å². The van der Waals surface area contributed by atoms with E-state index in [4.69, 9.17) is 0 Å². The third-order valence-corrected chi connectivity index (χ3v) is 2.34. The molecule has 1 aromatic carbocycles. The molecule has 0 unspecified atom stereocenters. The Kier molecular flexibility index (Phi) is 3.14. The van der Waals surface area contributed by atoms with E-state index in [9.17, 15) is 9.18 Å². The van der Waals surface area contributed by atoms with Crippen LogP contribution in [0.4, 0.5) is 10.1 Å². The second kappa shape index (κ2) is 4.74. The van der Waals surface area contributed by atoms with Gasteiger partial charge < -0.3 is 5.32 Å². The molecule has 1 heterocycles.